The number of hydrogen-bond donors (Lipinski definition) is 0. The van der Waals surface area contributed by atoms with Crippen molar-refractivity contribution in [2.45, 2.75) is 25.1 Å². The fraction of sp³-hybridized carbons (Fsp3) is 0.545. The van der Waals surface area contributed by atoms with E-state index in [9.17, 15) is 4.79 Å². The van der Waals surface area contributed by atoms with Crippen LogP contribution in [0, 0.1) is 0 Å². The smallest absolute Gasteiger partial charge is 0.264 e. The summed E-state index contributed by atoms with van der Waals surface area (Å²) in [5, 5.41) is 2.37. The molecule has 1 aliphatic rings. The zero-order valence-corrected chi connectivity index (χ0v) is 10.4. The Balaban J connectivity index is 2.06. The van der Waals surface area contributed by atoms with Gasteiger partial charge >= 0.3 is 0 Å². The number of nitrogens with zero attached hydrogens (tertiary/aromatic N) is 1. The summed E-state index contributed by atoms with van der Waals surface area (Å²) in [6.45, 7) is 3.08. The molecule has 1 aromatic rings. The van der Waals surface area contributed by atoms with Crippen molar-refractivity contribution in [3.05, 3.63) is 22.4 Å². The molecule has 0 spiro atoms. The van der Waals surface area contributed by atoms with E-state index in [2.05, 4.69) is 6.92 Å². The number of carbonyl (C=O) groups excluding carboxylic acids is 1. The lowest BCUT2D eigenvalue weighted by atomic mass is 10.3. The highest BCUT2D eigenvalue weighted by Gasteiger charge is 2.29. The van der Waals surface area contributed by atoms with Crippen LogP contribution in [0.1, 0.15) is 29.4 Å². The van der Waals surface area contributed by atoms with Crippen LogP contribution in [-0.2, 0) is 0 Å². The number of carbonyl (C=O) groups is 1. The van der Waals surface area contributed by atoms with Gasteiger partial charge in [-0.25, -0.2) is 0 Å². The molecule has 2 rings (SSSR count). The molecule has 82 valence electrons. The Hall–Kier alpha value is -0.480. The van der Waals surface area contributed by atoms with Gasteiger partial charge in [-0.1, -0.05) is 19.4 Å². The summed E-state index contributed by atoms with van der Waals surface area (Å²) >= 11 is 3.45. The summed E-state index contributed by atoms with van der Waals surface area (Å²) in [7, 11) is 0. The molecule has 0 bridgehead atoms. The third-order valence-electron chi connectivity index (χ3n) is 2.52. The molecule has 2 heterocycles. The minimum atomic E-state index is 0.216. The van der Waals surface area contributed by atoms with Gasteiger partial charge in [0.25, 0.3) is 5.91 Å². The summed E-state index contributed by atoms with van der Waals surface area (Å²) < 4.78 is 0. The van der Waals surface area contributed by atoms with Crippen LogP contribution in [0.4, 0.5) is 0 Å². The third kappa shape index (κ3) is 2.37. The van der Waals surface area contributed by atoms with E-state index in [0.29, 0.717) is 5.37 Å². The van der Waals surface area contributed by atoms with Gasteiger partial charge in [-0.3, -0.25) is 4.79 Å². The van der Waals surface area contributed by atoms with Crippen LogP contribution < -0.4 is 0 Å². The Morgan fingerprint density at radius 1 is 1.67 bits per heavy atom. The minimum Gasteiger partial charge on any atom is -0.325 e. The molecule has 1 saturated heterocycles. The van der Waals surface area contributed by atoms with Crippen LogP contribution in [0.25, 0.3) is 0 Å². The van der Waals surface area contributed by atoms with Gasteiger partial charge in [0.05, 0.1) is 10.3 Å². The molecule has 1 atom stereocenters. The van der Waals surface area contributed by atoms with Crippen LogP contribution in [0.3, 0.4) is 0 Å². The van der Waals surface area contributed by atoms with Crippen LogP contribution in [-0.4, -0.2) is 28.5 Å². The van der Waals surface area contributed by atoms with Crippen LogP contribution >= 0.6 is 23.1 Å². The van der Waals surface area contributed by atoms with E-state index in [1.54, 1.807) is 0 Å². The molecule has 2 nitrogen and oxygen atoms in total. The summed E-state index contributed by atoms with van der Waals surface area (Å²) in [5.41, 5.74) is 0. The number of thiophene rings is 1. The van der Waals surface area contributed by atoms with E-state index in [1.165, 1.54) is 11.3 Å². The Labute approximate surface area is 98.7 Å². The van der Waals surface area contributed by atoms with Gasteiger partial charge in [-0.15, -0.1) is 23.1 Å². The Morgan fingerprint density at radius 2 is 2.53 bits per heavy atom. The highest BCUT2D eigenvalue weighted by molar-refractivity contribution is 8.00. The van der Waals surface area contributed by atoms with E-state index in [4.69, 9.17) is 0 Å². The zero-order valence-electron chi connectivity index (χ0n) is 8.81. The van der Waals surface area contributed by atoms with Gasteiger partial charge in [-0.2, -0.15) is 0 Å². The maximum absolute atomic E-state index is 12.1. The third-order valence-corrected chi connectivity index (χ3v) is 4.67. The van der Waals surface area contributed by atoms with Crippen molar-refractivity contribution < 1.29 is 4.79 Å². The van der Waals surface area contributed by atoms with Crippen molar-refractivity contribution in [1.82, 2.24) is 4.90 Å². The highest BCUT2D eigenvalue weighted by Crippen LogP contribution is 2.29. The first-order valence-electron chi connectivity index (χ1n) is 5.29. The van der Waals surface area contributed by atoms with E-state index in [0.717, 1.165) is 30.0 Å². The molecule has 1 amide bonds. The number of rotatable bonds is 3. The van der Waals surface area contributed by atoms with Gasteiger partial charge in [0.1, 0.15) is 0 Å². The average molecular weight is 241 g/mol. The molecule has 4 heteroatoms. The zero-order chi connectivity index (χ0) is 10.7. The van der Waals surface area contributed by atoms with Gasteiger partial charge in [0, 0.05) is 12.3 Å². The predicted octanol–water partition coefficient (Wildman–Crippen LogP) is 3.06. The topological polar surface area (TPSA) is 20.3 Å². The normalized spacial score (nSPS) is 20.9. The molecule has 1 aromatic heterocycles. The first-order chi connectivity index (χ1) is 7.33. The number of thioether (sulfide) groups is 1. The second kappa shape index (κ2) is 5.03. The van der Waals surface area contributed by atoms with Crippen molar-refractivity contribution in [2.75, 3.05) is 12.3 Å². The average Bonchev–Trinajstić information content (AvgIpc) is 2.87. The van der Waals surface area contributed by atoms with Gasteiger partial charge in [0.15, 0.2) is 0 Å². The summed E-state index contributed by atoms with van der Waals surface area (Å²) in [5.74, 6) is 1.30. The lowest BCUT2D eigenvalue weighted by molar-refractivity contribution is 0.0761. The summed E-state index contributed by atoms with van der Waals surface area (Å²) in [6, 6.07) is 3.86. The molecule has 0 aliphatic carbocycles. The fourth-order valence-electron chi connectivity index (χ4n) is 1.78. The van der Waals surface area contributed by atoms with E-state index >= 15 is 0 Å². The molecule has 0 N–H and O–H groups in total. The van der Waals surface area contributed by atoms with Crippen LogP contribution in [0.2, 0.25) is 0 Å². The first kappa shape index (κ1) is 11.0. The maximum Gasteiger partial charge on any atom is 0.264 e. The van der Waals surface area contributed by atoms with Crippen LogP contribution in [0.15, 0.2) is 17.5 Å². The van der Waals surface area contributed by atoms with Gasteiger partial charge < -0.3 is 4.90 Å². The SMILES string of the molecule is CCC[C@H]1SCCN1C(=O)c1cccs1. The molecular formula is C11H15NOS2. The van der Waals surface area contributed by atoms with E-state index < -0.39 is 0 Å². The van der Waals surface area contributed by atoms with Gasteiger partial charge in [-0.05, 0) is 17.9 Å². The molecule has 1 fully saturated rings. The molecule has 1 aliphatic heterocycles. The van der Waals surface area contributed by atoms with Crippen LogP contribution in [0.5, 0.6) is 0 Å². The van der Waals surface area contributed by atoms with Crippen molar-refractivity contribution >= 4 is 29.0 Å². The van der Waals surface area contributed by atoms with Gasteiger partial charge in [0.2, 0.25) is 0 Å². The standard InChI is InChI=1S/C11H15NOS2/c1-2-4-10-12(6-8-15-10)11(13)9-5-3-7-14-9/h3,5,7,10H,2,4,6,8H2,1H3/t10-/m1/s1. The van der Waals surface area contributed by atoms with Crippen molar-refractivity contribution in [3.63, 3.8) is 0 Å². The second-order valence-electron chi connectivity index (χ2n) is 3.59. The molecule has 0 saturated carbocycles. The predicted molar refractivity (Wildman–Crippen MR) is 66.5 cm³/mol. The first-order valence-corrected chi connectivity index (χ1v) is 7.22. The largest absolute Gasteiger partial charge is 0.325 e. The molecule has 15 heavy (non-hydrogen) atoms. The Morgan fingerprint density at radius 3 is 3.20 bits per heavy atom. The lowest BCUT2D eigenvalue weighted by Crippen LogP contribution is -2.34. The Bertz CT molecular complexity index is 323. The monoisotopic (exact) mass is 241 g/mol. The molecule has 0 radical (unpaired) electrons. The fourth-order valence-corrected chi connectivity index (χ4v) is 3.82. The highest BCUT2D eigenvalue weighted by atomic mass is 32.2. The van der Waals surface area contributed by atoms with Crippen molar-refractivity contribution in [2.24, 2.45) is 0 Å². The van der Waals surface area contributed by atoms with Crippen molar-refractivity contribution in [3.8, 4) is 0 Å². The molecule has 0 aromatic carbocycles. The second-order valence-corrected chi connectivity index (χ2v) is 5.82. The summed E-state index contributed by atoms with van der Waals surface area (Å²) in [4.78, 5) is 15.0. The Kier molecular flexibility index (Phi) is 3.70. The number of hydrogen-bond acceptors (Lipinski definition) is 3. The maximum atomic E-state index is 12.1. The van der Waals surface area contributed by atoms with Crippen molar-refractivity contribution in [1.29, 1.82) is 0 Å². The lowest BCUT2D eigenvalue weighted by Gasteiger charge is -2.22. The van der Waals surface area contributed by atoms with E-state index in [1.807, 2.05) is 34.2 Å². The molecular weight excluding hydrogens is 226 g/mol. The summed E-state index contributed by atoms with van der Waals surface area (Å²) in [6.07, 6.45) is 2.26. The molecule has 0 unspecified atom stereocenters. The number of amides is 1. The minimum absolute atomic E-state index is 0.216. The quantitative estimate of drug-likeness (QED) is 0.810. The van der Waals surface area contributed by atoms with E-state index in [-0.39, 0.29) is 5.91 Å².